The lowest BCUT2D eigenvalue weighted by molar-refractivity contribution is -0.137. The van der Waals surface area contributed by atoms with Crippen LogP contribution in [0.1, 0.15) is 24.8 Å². The number of rotatable bonds is 3. The predicted octanol–water partition coefficient (Wildman–Crippen LogP) is 3.17. The SMILES string of the molecule is CC(CC(=O)O)c1ccc(Br)c(F)c1. The summed E-state index contributed by atoms with van der Waals surface area (Å²) in [6.07, 6.45) is 0.0150. The Morgan fingerprint density at radius 1 is 1.64 bits per heavy atom. The molecule has 76 valence electrons. The topological polar surface area (TPSA) is 37.3 Å². The largest absolute Gasteiger partial charge is 0.481 e. The second kappa shape index (κ2) is 4.55. The molecule has 1 unspecified atom stereocenters. The Bertz CT molecular complexity index is 352. The summed E-state index contributed by atoms with van der Waals surface area (Å²) in [4.78, 5) is 10.4. The van der Waals surface area contributed by atoms with Crippen LogP contribution in [0.15, 0.2) is 22.7 Å². The fraction of sp³-hybridized carbons (Fsp3) is 0.300. The number of halogens is 2. The molecule has 0 fully saturated rings. The highest BCUT2D eigenvalue weighted by Gasteiger charge is 2.11. The molecule has 0 saturated carbocycles. The third-order valence-electron chi connectivity index (χ3n) is 1.99. The lowest BCUT2D eigenvalue weighted by Gasteiger charge is -2.09. The average Bonchev–Trinajstić information content (AvgIpc) is 2.08. The summed E-state index contributed by atoms with van der Waals surface area (Å²) in [6.45, 7) is 1.76. The molecule has 1 aromatic carbocycles. The fourth-order valence-electron chi connectivity index (χ4n) is 1.20. The molecule has 0 aromatic heterocycles. The minimum absolute atomic E-state index is 0.0150. The van der Waals surface area contributed by atoms with Crippen molar-refractivity contribution in [2.45, 2.75) is 19.3 Å². The zero-order valence-corrected chi connectivity index (χ0v) is 9.21. The molecule has 14 heavy (non-hydrogen) atoms. The van der Waals surface area contributed by atoms with E-state index in [-0.39, 0.29) is 18.2 Å². The second-order valence-corrected chi connectivity index (χ2v) is 4.03. The maximum absolute atomic E-state index is 13.1. The quantitative estimate of drug-likeness (QED) is 0.907. The van der Waals surface area contributed by atoms with Gasteiger partial charge in [-0.05, 0) is 39.5 Å². The van der Waals surface area contributed by atoms with Crippen LogP contribution in [0.2, 0.25) is 0 Å². The number of hydrogen-bond donors (Lipinski definition) is 1. The highest BCUT2D eigenvalue weighted by molar-refractivity contribution is 9.10. The van der Waals surface area contributed by atoms with E-state index in [0.29, 0.717) is 10.0 Å². The van der Waals surface area contributed by atoms with Gasteiger partial charge < -0.3 is 5.11 Å². The molecule has 1 aromatic rings. The van der Waals surface area contributed by atoms with Gasteiger partial charge in [-0.1, -0.05) is 13.0 Å². The Balaban J connectivity index is 2.85. The van der Waals surface area contributed by atoms with Crippen molar-refractivity contribution < 1.29 is 14.3 Å². The molecular formula is C10H10BrFO2. The lowest BCUT2D eigenvalue weighted by Crippen LogP contribution is -2.03. The van der Waals surface area contributed by atoms with Gasteiger partial charge in [-0.25, -0.2) is 4.39 Å². The van der Waals surface area contributed by atoms with Crippen molar-refractivity contribution in [2.24, 2.45) is 0 Å². The average molecular weight is 261 g/mol. The van der Waals surface area contributed by atoms with E-state index in [0.717, 1.165) is 0 Å². The summed E-state index contributed by atoms with van der Waals surface area (Å²) in [5.41, 5.74) is 0.702. The van der Waals surface area contributed by atoms with Crippen molar-refractivity contribution in [3.8, 4) is 0 Å². The summed E-state index contributed by atoms with van der Waals surface area (Å²) in [6, 6.07) is 4.67. The maximum atomic E-state index is 13.1. The molecule has 4 heteroatoms. The second-order valence-electron chi connectivity index (χ2n) is 3.17. The number of carbonyl (C=O) groups is 1. The van der Waals surface area contributed by atoms with E-state index < -0.39 is 5.97 Å². The number of carboxylic acids is 1. The smallest absolute Gasteiger partial charge is 0.303 e. The van der Waals surface area contributed by atoms with Gasteiger partial charge >= 0.3 is 5.97 Å². The summed E-state index contributed by atoms with van der Waals surface area (Å²) >= 11 is 3.04. The highest BCUT2D eigenvalue weighted by Crippen LogP contribution is 2.23. The third-order valence-corrected chi connectivity index (χ3v) is 2.64. The van der Waals surface area contributed by atoms with E-state index in [4.69, 9.17) is 5.11 Å². The van der Waals surface area contributed by atoms with Crippen molar-refractivity contribution in [1.29, 1.82) is 0 Å². The van der Waals surface area contributed by atoms with Crippen LogP contribution in [0, 0.1) is 5.82 Å². The summed E-state index contributed by atoms with van der Waals surface area (Å²) in [5.74, 6) is -1.41. The van der Waals surface area contributed by atoms with Crippen molar-refractivity contribution in [3.05, 3.63) is 34.1 Å². The van der Waals surface area contributed by atoms with Crippen LogP contribution in [0.3, 0.4) is 0 Å². The Labute approximate surface area is 89.9 Å². The monoisotopic (exact) mass is 260 g/mol. The molecule has 1 atom stereocenters. The van der Waals surface area contributed by atoms with Crippen molar-refractivity contribution >= 4 is 21.9 Å². The molecule has 0 aliphatic carbocycles. The first kappa shape index (κ1) is 11.2. The predicted molar refractivity (Wildman–Crippen MR) is 54.8 cm³/mol. The van der Waals surface area contributed by atoms with Gasteiger partial charge in [0.05, 0.1) is 10.9 Å². The first-order chi connectivity index (χ1) is 6.50. The van der Waals surface area contributed by atoms with Crippen molar-refractivity contribution in [3.63, 3.8) is 0 Å². The van der Waals surface area contributed by atoms with Gasteiger partial charge in [0, 0.05) is 0 Å². The fourth-order valence-corrected chi connectivity index (χ4v) is 1.45. The van der Waals surface area contributed by atoms with Crippen LogP contribution in [0.5, 0.6) is 0 Å². The van der Waals surface area contributed by atoms with Gasteiger partial charge in [0.2, 0.25) is 0 Å². The molecule has 0 radical (unpaired) electrons. The van der Waals surface area contributed by atoms with E-state index in [1.54, 1.807) is 19.1 Å². The minimum atomic E-state index is -0.874. The van der Waals surface area contributed by atoms with Gasteiger partial charge in [-0.3, -0.25) is 4.79 Å². The molecule has 0 spiro atoms. The van der Waals surface area contributed by atoms with E-state index in [9.17, 15) is 9.18 Å². The standard InChI is InChI=1S/C10H10BrFO2/c1-6(4-10(13)14)7-2-3-8(11)9(12)5-7/h2-3,5-6H,4H2,1H3,(H,13,14). The van der Waals surface area contributed by atoms with E-state index in [1.807, 2.05) is 0 Å². The Morgan fingerprint density at radius 3 is 2.79 bits per heavy atom. The van der Waals surface area contributed by atoms with E-state index in [2.05, 4.69) is 15.9 Å². The van der Waals surface area contributed by atoms with Crippen LogP contribution in [0.4, 0.5) is 4.39 Å². The molecule has 0 saturated heterocycles. The number of hydrogen-bond acceptors (Lipinski definition) is 1. The van der Waals surface area contributed by atoms with E-state index >= 15 is 0 Å². The van der Waals surface area contributed by atoms with Crippen molar-refractivity contribution in [2.75, 3.05) is 0 Å². The van der Waals surface area contributed by atoms with Crippen LogP contribution in [0.25, 0.3) is 0 Å². The van der Waals surface area contributed by atoms with Gasteiger partial charge in [0.25, 0.3) is 0 Å². The van der Waals surface area contributed by atoms with Crippen LogP contribution >= 0.6 is 15.9 Å². The molecule has 1 rings (SSSR count). The molecule has 1 N–H and O–H groups in total. The van der Waals surface area contributed by atoms with Gasteiger partial charge in [0.1, 0.15) is 5.82 Å². The highest BCUT2D eigenvalue weighted by atomic mass is 79.9. The van der Waals surface area contributed by atoms with E-state index in [1.165, 1.54) is 6.07 Å². The van der Waals surface area contributed by atoms with Gasteiger partial charge in [-0.2, -0.15) is 0 Å². The normalized spacial score (nSPS) is 12.5. The zero-order valence-electron chi connectivity index (χ0n) is 7.63. The number of carboxylic acid groups (broad SMARTS) is 1. The summed E-state index contributed by atoms with van der Waals surface area (Å²) < 4.78 is 13.5. The lowest BCUT2D eigenvalue weighted by atomic mass is 9.98. The Morgan fingerprint density at radius 2 is 2.29 bits per heavy atom. The molecule has 0 heterocycles. The van der Waals surface area contributed by atoms with Gasteiger partial charge in [0.15, 0.2) is 0 Å². The summed E-state index contributed by atoms with van der Waals surface area (Å²) in [7, 11) is 0. The Hall–Kier alpha value is -0.900. The number of benzene rings is 1. The van der Waals surface area contributed by atoms with Crippen LogP contribution < -0.4 is 0 Å². The number of aliphatic carboxylic acids is 1. The molecular weight excluding hydrogens is 251 g/mol. The van der Waals surface area contributed by atoms with Crippen molar-refractivity contribution in [1.82, 2.24) is 0 Å². The molecule has 2 nitrogen and oxygen atoms in total. The van der Waals surface area contributed by atoms with Crippen LogP contribution in [-0.2, 0) is 4.79 Å². The minimum Gasteiger partial charge on any atom is -0.481 e. The first-order valence-corrected chi connectivity index (χ1v) is 4.96. The molecule has 0 amide bonds. The summed E-state index contributed by atoms with van der Waals surface area (Å²) in [5, 5.41) is 8.57. The first-order valence-electron chi connectivity index (χ1n) is 4.17. The van der Waals surface area contributed by atoms with Crippen LogP contribution in [-0.4, -0.2) is 11.1 Å². The Kier molecular flexibility index (Phi) is 3.63. The third kappa shape index (κ3) is 2.80. The maximum Gasteiger partial charge on any atom is 0.303 e. The zero-order chi connectivity index (χ0) is 10.7. The van der Waals surface area contributed by atoms with Gasteiger partial charge in [-0.15, -0.1) is 0 Å². The molecule has 0 aliphatic rings. The molecule has 0 aliphatic heterocycles. The molecule has 0 bridgehead atoms.